The lowest BCUT2D eigenvalue weighted by Crippen LogP contribution is -2.12. The zero-order valence-corrected chi connectivity index (χ0v) is 14.2. The number of rotatable bonds is 5. The molecule has 0 radical (unpaired) electrons. The molecule has 0 saturated heterocycles. The zero-order valence-electron chi connectivity index (χ0n) is 13.4. The number of hydrogen-bond acceptors (Lipinski definition) is 5. The maximum absolute atomic E-state index is 12.4. The molecule has 0 aliphatic heterocycles. The standard InChI is InChI=1S/C17H17N3O3S/c1-3-16-18-19-17(23-16)13-5-4-6-14(11-13)20-24(21,22)15-9-7-12(2)8-10-15/h4-11,20H,3H2,1-2H3. The number of aryl methyl sites for hydroxylation is 2. The third-order valence-electron chi connectivity index (χ3n) is 3.46. The van der Waals surface area contributed by atoms with Crippen molar-refractivity contribution < 1.29 is 12.8 Å². The molecule has 0 saturated carbocycles. The van der Waals surface area contributed by atoms with Crippen LogP contribution in [0, 0.1) is 6.92 Å². The minimum atomic E-state index is -3.65. The molecule has 7 heteroatoms. The largest absolute Gasteiger partial charge is 0.421 e. The van der Waals surface area contributed by atoms with Gasteiger partial charge in [-0.15, -0.1) is 10.2 Å². The predicted molar refractivity (Wildman–Crippen MR) is 91.1 cm³/mol. The number of nitrogens with one attached hydrogen (secondary N) is 1. The summed E-state index contributed by atoms with van der Waals surface area (Å²) in [5.74, 6) is 0.902. The molecule has 0 spiro atoms. The first-order valence-corrected chi connectivity index (χ1v) is 8.98. The number of benzene rings is 2. The van der Waals surface area contributed by atoms with E-state index in [-0.39, 0.29) is 4.90 Å². The molecule has 0 fully saturated rings. The molecule has 1 aromatic heterocycles. The minimum Gasteiger partial charge on any atom is -0.421 e. The van der Waals surface area contributed by atoms with Crippen LogP contribution in [0.3, 0.4) is 0 Å². The summed E-state index contributed by atoms with van der Waals surface area (Å²) in [5, 5.41) is 7.88. The molecule has 0 amide bonds. The zero-order chi connectivity index (χ0) is 17.2. The van der Waals surface area contributed by atoms with E-state index in [1.807, 2.05) is 13.8 Å². The summed E-state index contributed by atoms with van der Waals surface area (Å²) in [5.41, 5.74) is 2.09. The van der Waals surface area contributed by atoms with E-state index >= 15 is 0 Å². The summed E-state index contributed by atoms with van der Waals surface area (Å²) in [6, 6.07) is 13.5. The molecule has 124 valence electrons. The van der Waals surface area contributed by atoms with Gasteiger partial charge in [0.25, 0.3) is 10.0 Å². The maximum Gasteiger partial charge on any atom is 0.261 e. The summed E-state index contributed by atoms with van der Waals surface area (Å²) in [4.78, 5) is 0.213. The predicted octanol–water partition coefficient (Wildman–Crippen LogP) is 3.41. The lowest BCUT2D eigenvalue weighted by molar-refractivity contribution is 0.513. The van der Waals surface area contributed by atoms with Gasteiger partial charge in [0, 0.05) is 17.7 Å². The number of sulfonamides is 1. The van der Waals surface area contributed by atoms with Gasteiger partial charge >= 0.3 is 0 Å². The molecule has 2 aromatic carbocycles. The van der Waals surface area contributed by atoms with Crippen molar-refractivity contribution in [3.8, 4) is 11.5 Å². The van der Waals surface area contributed by atoms with Crippen LogP contribution in [0.25, 0.3) is 11.5 Å². The number of hydrogen-bond donors (Lipinski definition) is 1. The smallest absolute Gasteiger partial charge is 0.261 e. The number of aromatic nitrogens is 2. The molecule has 1 N–H and O–H groups in total. The molecule has 0 unspecified atom stereocenters. The molecule has 1 heterocycles. The van der Waals surface area contributed by atoms with Crippen molar-refractivity contribution in [3.05, 3.63) is 60.0 Å². The SMILES string of the molecule is CCc1nnc(-c2cccc(NS(=O)(=O)c3ccc(C)cc3)c2)o1. The normalized spacial score (nSPS) is 11.4. The van der Waals surface area contributed by atoms with Gasteiger partial charge in [0.05, 0.1) is 4.90 Å². The highest BCUT2D eigenvalue weighted by atomic mass is 32.2. The maximum atomic E-state index is 12.4. The molecular formula is C17H17N3O3S. The lowest BCUT2D eigenvalue weighted by atomic mass is 10.2. The van der Waals surface area contributed by atoms with E-state index in [1.165, 1.54) is 0 Å². The molecular weight excluding hydrogens is 326 g/mol. The topological polar surface area (TPSA) is 85.1 Å². The summed E-state index contributed by atoms with van der Waals surface area (Å²) in [6.07, 6.45) is 0.646. The van der Waals surface area contributed by atoms with Crippen LogP contribution >= 0.6 is 0 Å². The highest BCUT2D eigenvalue weighted by Gasteiger charge is 2.15. The van der Waals surface area contributed by atoms with Gasteiger partial charge in [0.15, 0.2) is 0 Å². The number of anilines is 1. The summed E-state index contributed by atoms with van der Waals surface area (Å²) in [6.45, 7) is 3.83. The fourth-order valence-corrected chi connectivity index (χ4v) is 3.21. The van der Waals surface area contributed by atoms with E-state index in [0.717, 1.165) is 5.56 Å². The van der Waals surface area contributed by atoms with Crippen molar-refractivity contribution in [1.29, 1.82) is 0 Å². The van der Waals surface area contributed by atoms with Crippen LogP contribution in [0.4, 0.5) is 5.69 Å². The van der Waals surface area contributed by atoms with E-state index in [1.54, 1.807) is 48.5 Å². The molecule has 0 atom stereocenters. The average molecular weight is 343 g/mol. The van der Waals surface area contributed by atoms with Gasteiger partial charge in [-0.25, -0.2) is 8.42 Å². The molecule has 0 aliphatic carbocycles. The van der Waals surface area contributed by atoms with E-state index in [2.05, 4.69) is 14.9 Å². The number of nitrogens with zero attached hydrogens (tertiary/aromatic N) is 2. The molecule has 0 bridgehead atoms. The molecule has 3 aromatic rings. The first-order chi connectivity index (χ1) is 11.5. The second-order valence-electron chi connectivity index (χ2n) is 5.35. The fraction of sp³-hybridized carbons (Fsp3) is 0.176. The third kappa shape index (κ3) is 3.46. The van der Waals surface area contributed by atoms with Crippen LogP contribution in [-0.4, -0.2) is 18.6 Å². The van der Waals surface area contributed by atoms with Crippen LogP contribution in [0.5, 0.6) is 0 Å². The van der Waals surface area contributed by atoms with Crippen molar-refractivity contribution in [2.24, 2.45) is 0 Å². The highest BCUT2D eigenvalue weighted by molar-refractivity contribution is 7.92. The highest BCUT2D eigenvalue weighted by Crippen LogP contribution is 2.23. The van der Waals surface area contributed by atoms with Gasteiger partial charge in [0.2, 0.25) is 11.8 Å². The van der Waals surface area contributed by atoms with E-state index in [4.69, 9.17) is 4.42 Å². The van der Waals surface area contributed by atoms with Gasteiger partial charge in [-0.3, -0.25) is 4.72 Å². The Hall–Kier alpha value is -2.67. The van der Waals surface area contributed by atoms with Crippen molar-refractivity contribution in [2.75, 3.05) is 4.72 Å². The molecule has 0 aliphatic rings. The summed E-state index contributed by atoms with van der Waals surface area (Å²) in [7, 11) is -3.65. The quantitative estimate of drug-likeness (QED) is 0.767. The monoisotopic (exact) mass is 343 g/mol. The van der Waals surface area contributed by atoms with Gasteiger partial charge in [-0.2, -0.15) is 0 Å². The van der Waals surface area contributed by atoms with Crippen LogP contribution in [-0.2, 0) is 16.4 Å². The lowest BCUT2D eigenvalue weighted by Gasteiger charge is -2.09. The fourth-order valence-electron chi connectivity index (χ4n) is 2.16. The van der Waals surface area contributed by atoms with Crippen LogP contribution < -0.4 is 4.72 Å². The Bertz CT molecular complexity index is 947. The van der Waals surface area contributed by atoms with Crippen LogP contribution in [0.15, 0.2) is 57.8 Å². The van der Waals surface area contributed by atoms with Crippen molar-refractivity contribution in [2.45, 2.75) is 25.2 Å². The molecule has 6 nitrogen and oxygen atoms in total. The van der Waals surface area contributed by atoms with Gasteiger partial charge < -0.3 is 4.42 Å². The van der Waals surface area contributed by atoms with E-state index < -0.39 is 10.0 Å². The van der Waals surface area contributed by atoms with Crippen molar-refractivity contribution >= 4 is 15.7 Å². The third-order valence-corrected chi connectivity index (χ3v) is 4.86. The van der Waals surface area contributed by atoms with Crippen LogP contribution in [0.2, 0.25) is 0 Å². The van der Waals surface area contributed by atoms with E-state index in [0.29, 0.717) is 29.5 Å². The second-order valence-corrected chi connectivity index (χ2v) is 7.04. The van der Waals surface area contributed by atoms with Crippen molar-refractivity contribution in [1.82, 2.24) is 10.2 Å². The Morgan fingerprint density at radius 2 is 1.83 bits per heavy atom. The average Bonchev–Trinajstić information content (AvgIpc) is 3.04. The van der Waals surface area contributed by atoms with Crippen LogP contribution in [0.1, 0.15) is 18.4 Å². The Morgan fingerprint density at radius 3 is 2.50 bits per heavy atom. The van der Waals surface area contributed by atoms with Gasteiger partial charge in [-0.1, -0.05) is 30.7 Å². The Morgan fingerprint density at radius 1 is 1.08 bits per heavy atom. The first-order valence-electron chi connectivity index (χ1n) is 7.50. The Balaban J connectivity index is 1.87. The summed E-state index contributed by atoms with van der Waals surface area (Å²) >= 11 is 0. The summed E-state index contributed by atoms with van der Waals surface area (Å²) < 4.78 is 33.0. The minimum absolute atomic E-state index is 0.213. The van der Waals surface area contributed by atoms with Gasteiger partial charge in [-0.05, 0) is 37.3 Å². The van der Waals surface area contributed by atoms with Crippen molar-refractivity contribution in [3.63, 3.8) is 0 Å². The van der Waals surface area contributed by atoms with E-state index in [9.17, 15) is 8.42 Å². The first kappa shape index (κ1) is 16.2. The Kier molecular flexibility index (Phi) is 4.35. The Labute approximate surface area is 140 Å². The molecule has 24 heavy (non-hydrogen) atoms. The second kappa shape index (κ2) is 6.45. The van der Waals surface area contributed by atoms with Gasteiger partial charge in [0.1, 0.15) is 0 Å². The molecule has 3 rings (SSSR count).